The van der Waals surface area contributed by atoms with E-state index in [1.54, 1.807) is 0 Å². The van der Waals surface area contributed by atoms with Crippen LogP contribution < -0.4 is 16.6 Å². The van der Waals surface area contributed by atoms with Crippen LogP contribution in [0, 0.1) is 6.92 Å². The number of hydrazine groups is 1. The van der Waals surface area contributed by atoms with Gasteiger partial charge in [0.25, 0.3) is 0 Å². The minimum Gasteiger partial charge on any atom is -0.353 e. The number of aryl methyl sites for hydroxylation is 1. The summed E-state index contributed by atoms with van der Waals surface area (Å²) in [6.45, 7) is 7.14. The highest BCUT2D eigenvalue weighted by Gasteiger charge is 2.06. The minimum atomic E-state index is 0.319. The fourth-order valence-electron chi connectivity index (χ4n) is 1.54. The lowest BCUT2D eigenvalue weighted by molar-refractivity contribution is 0.645. The average molecular weight is 254 g/mol. The summed E-state index contributed by atoms with van der Waals surface area (Å²) < 4.78 is 0. The zero-order chi connectivity index (χ0) is 12.7. The minimum absolute atomic E-state index is 0.319. The molecule has 0 amide bonds. The first kappa shape index (κ1) is 14.0. The van der Waals surface area contributed by atoms with Crippen molar-refractivity contribution >= 4 is 17.3 Å². The lowest BCUT2D eigenvalue weighted by atomic mass is 10.2. The molecule has 1 unspecified atom stereocenters. The van der Waals surface area contributed by atoms with Crippen LogP contribution in [0.2, 0.25) is 0 Å². The molecular formula is C12H22N4S. The van der Waals surface area contributed by atoms with E-state index in [0.29, 0.717) is 12.0 Å². The Kier molecular flexibility index (Phi) is 6.00. The third kappa shape index (κ3) is 5.19. The number of hydrogen-bond donors (Lipinski definition) is 3. The normalized spacial score (nSPS) is 13.5. The molecule has 1 aromatic heterocycles. The smallest absolute Gasteiger partial charge is 0.205 e. The zero-order valence-electron chi connectivity index (χ0n) is 10.8. The van der Waals surface area contributed by atoms with E-state index in [4.69, 9.17) is 5.84 Å². The fourth-order valence-corrected chi connectivity index (χ4v) is 2.56. The van der Waals surface area contributed by atoms with Crippen LogP contribution >= 0.6 is 11.3 Å². The molecule has 0 aliphatic heterocycles. The summed E-state index contributed by atoms with van der Waals surface area (Å²) >= 11 is 1.84. The molecule has 1 heterocycles. The van der Waals surface area contributed by atoms with Crippen molar-refractivity contribution < 1.29 is 0 Å². The predicted octanol–water partition coefficient (Wildman–Crippen LogP) is 1.81. The van der Waals surface area contributed by atoms with Gasteiger partial charge in [-0.2, -0.15) is 0 Å². The van der Waals surface area contributed by atoms with Gasteiger partial charge >= 0.3 is 0 Å². The Morgan fingerprint density at radius 2 is 2.29 bits per heavy atom. The molecule has 0 aliphatic rings. The SMILES string of the molecule is CCCN=C(NN)NC(C)Cc1ccc(C)s1. The standard InChI is InChI=1S/C12H22N4S/c1-4-7-14-12(16-13)15-9(2)8-11-6-5-10(3)17-11/h5-6,9H,4,7-8,13H2,1-3H3,(H2,14,15,16). The van der Waals surface area contributed by atoms with E-state index in [0.717, 1.165) is 19.4 Å². The molecule has 0 bridgehead atoms. The van der Waals surface area contributed by atoms with Crippen molar-refractivity contribution in [3.63, 3.8) is 0 Å². The van der Waals surface area contributed by atoms with Gasteiger partial charge in [0.05, 0.1) is 0 Å². The first-order valence-corrected chi connectivity index (χ1v) is 6.80. The Balaban J connectivity index is 2.44. The predicted molar refractivity (Wildman–Crippen MR) is 75.3 cm³/mol. The maximum absolute atomic E-state index is 5.42. The van der Waals surface area contributed by atoms with Crippen molar-refractivity contribution in [2.75, 3.05) is 6.54 Å². The fraction of sp³-hybridized carbons (Fsp3) is 0.583. The van der Waals surface area contributed by atoms with E-state index < -0.39 is 0 Å². The molecule has 5 heteroatoms. The highest BCUT2D eigenvalue weighted by atomic mass is 32.1. The molecule has 0 fully saturated rings. The van der Waals surface area contributed by atoms with E-state index in [-0.39, 0.29) is 0 Å². The molecule has 96 valence electrons. The van der Waals surface area contributed by atoms with Gasteiger partial charge in [-0.3, -0.25) is 10.4 Å². The molecule has 17 heavy (non-hydrogen) atoms. The number of thiophene rings is 1. The third-order valence-electron chi connectivity index (χ3n) is 2.32. The van der Waals surface area contributed by atoms with Gasteiger partial charge in [0, 0.05) is 28.8 Å². The molecule has 0 aromatic carbocycles. The van der Waals surface area contributed by atoms with Crippen molar-refractivity contribution in [3.05, 3.63) is 21.9 Å². The third-order valence-corrected chi connectivity index (χ3v) is 3.34. The molecule has 1 atom stereocenters. The summed E-state index contributed by atoms with van der Waals surface area (Å²) in [6, 6.07) is 4.65. The Morgan fingerprint density at radius 3 is 2.82 bits per heavy atom. The first-order chi connectivity index (χ1) is 8.15. The van der Waals surface area contributed by atoms with Crippen LogP contribution in [0.3, 0.4) is 0 Å². The van der Waals surface area contributed by atoms with Crippen molar-refractivity contribution in [1.29, 1.82) is 0 Å². The maximum atomic E-state index is 5.42. The summed E-state index contributed by atoms with van der Waals surface area (Å²) in [7, 11) is 0. The highest BCUT2D eigenvalue weighted by Crippen LogP contribution is 2.16. The molecule has 0 radical (unpaired) electrons. The number of nitrogens with one attached hydrogen (secondary N) is 2. The van der Waals surface area contributed by atoms with Crippen LogP contribution in [0.15, 0.2) is 17.1 Å². The monoisotopic (exact) mass is 254 g/mol. The number of guanidine groups is 1. The Bertz CT molecular complexity index is 359. The Morgan fingerprint density at radius 1 is 1.53 bits per heavy atom. The molecule has 4 nitrogen and oxygen atoms in total. The summed E-state index contributed by atoms with van der Waals surface area (Å²) in [6.07, 6.45) is 2.01. The first-order valence-electron chi connectivity index (χ1n) is 5.98. The van der Waals surface area contributed by atoms with E-state index in [1.165, 1.54) is 9.75 Å². The molecule has 1 aromatic rings. The van der Waals surface area contributed by atoms with Gasteiger partial charge in [-0.05, 0) is 32.4 Å². The van der Waals surface area contributed by atoms with E-state index in [1.807, 2.05) is 11.3 Å². The molecule has 4 N–H and O–H groups in total. The number of hydrogen-bond acceptors (Lipinski definition) is 3. The van der Waals surface area contributed by atoms with Crippen molar-refractivity contribution in [3.8, 4) is 0 Å². The van der Waals surface area contributed by atoms with Gasteiger partial charge in [-0.25, -0.2) is 5.84 Å². The van der Waals surface area contributed by atoms with Crippen molar-refractivity contribution in [2.45, 2.75) is 39.7 Å². The van der Waals surface area contributed by atoms with Crippen LogP contribution in [0.1, 0.15) is 30.0 Å². The van der Waals surface area contributed by atoms with Gasteiger partial charge in [0.2, 0.25) is 5.96 Å². The Labute approximate surface area is 107 Å². The van der Waals surface area contributed by atoms with Crippen LogP contribution in [-0.2, 0) is 6.42 Å². The number of rotatable bonds is 5. The molecule has 0 spiro atoms. The largest absolute Gasteiger partial charge is 0.353 e. The lowest BCUT2D eigenvalue weighted by Crippen LogP contribution is -2.46. The van der Waals surface area contributed by atoms with Crippen molar-refractivity contribution in [2.24, 2.45) is 10.8 Å². The summed E-state index contributed by atoms with van der Waals surface area (Å²) in [5.74, 6) is 6.09. The van der Waals surface area contributed by atoms with Crippen LogP contribution in [0.25, 0.3) is 0 Å². The van der Waals surface area contributed by atoms with Gasteiger partial charge in [-0.1, -0.05) is 6.92 Å². The number of nitrogens with zero attached hydrogens (tertiary/aromatic N) is 1. The van der Waals surface area contributed by atoms with Gasteiger partial charge in [0.1, 0.15) is 0 Å². The summed E-state index contributed by atoms with van der Waals surface area (Å²) in [5, 5.41) is 3.28. The quantitative estimate of drug-likeness (QED) is 0.325. The van der Waals surface area contributed by atoms with Gasteiger partial charge in [0.15, 0.2) is 0 Å². The summed E-state index contributed by atoms with van der Waals surface area (Å²) in [5.41, 5.74) is 2.60. The molecule has 0 saturated heterocycles. The second-order valence-corrected chi connectivity index (χ2v) is 5.51. The average Bonchev–Trinajstić information content (AvgIpc) is 2.69. The van der Waals surface area contributed by atoms with E-state index in [2.05, 4.69) is 48.6 Å². The second-order valence-electron chi connectivity index (χ2n) is 4.14. The molecule has 1 rings (SSSR count). The topological polar surface area (TPSA) is 62.4 Å². The lowest BCUT2D eigenvalue weighted by Gasteiger charge is -2.15. The van der Waals surface area contributed by atoms with Crippen LogP contribution in [0.4, 0.5) is 0 Å². The van der Waals surface area contributed by atoms with Gasteiger partial charge in [-0.15, -0.1) is 11.3 Å². The van der Waals surface area contributed by atoms with Gasteiger partial charge < -0.3 is 5.32 Å². The summed E-state index contributed by atoms with van der Waals surface area (Å²) in [4.78, 5) is 7.05. The van der Waals surface area contributed by atoms with Crippen molar-refractivity contribution in [1.82, 2.24) is 10.7 Å². The van der Waals surface area contributed by atoms with Crippen LogP contribution in [-0.4, -0.2) is 18.5 Å². The molecule has 0 aliphatic carbocycles. The molecule has 0 saturated carbocycles. The number of aliphatic imine (C=N–C) groups is 1. The number of nitrogens with two attached hydrogens (primary N) is 1. The van der Waals surface area contributed by atoms with E-state index in [9.17, 15) is 0 Å². The Hall–Kier alpha value is -1.07. The molecular weight excluding hydrogens is 232 g/mol. The second kappa shape index (κ2) is 7.29. The zero-order valence-corrected chi connectivity index (χ0v) is 11.6. The van der Waals surface area contributed by atoms with Crippen LogP contribution in [0.5, 0.6) is 0 Å². The highest BCUT2D eigenvalue weighted by molar-refractivity contribution is 7.11. The maximum Gasteiger partial charge on any atom is 0.205 e. The van der Waals surface area contributed by atoms with E-state index >= 15 is 0 Å².